The molecule has 0 spiro atoms. The van der Waals surface area contributed by atoms with Gasteiger partial charge in [-0.05, 0) is 44.6 Å². The summed E-state index contributed by atoms with van der Waals surface area (Å²) < 4.78 is 0. The SMILES string of the molecule is Cc1ccc(CC(NN)C2=CCCCCC2)cc1. The van der Waals surface area contributed by atoms with E-state index >= 15 is 0 Å². The van der Waals surface area contributed by atoms with E-state index in [9.17, 15) is 0 Å². The monoisotopic (exact) mass is 244 g/mol. The van der Waals surface area contributed by atoms with Gasteiger partial charge in [-0.2, -0.15) is 0 Å². The third-order valence-corrected chi connectivity index (χ3v) is 3.79. The Morgan fingerprint density at radius 3 is 2.67 bits per heavy atom. The van der Waals surface area contributed by atoms with Gasteiger partial charge in [-0.3, -0.25) is 11.3 Å². The zero-order chi connectivity index (χ0) is 12.8. The maximum absolute atomic E-state index is 5.74. The van der Waals surface area contributed by atoms with Crippen LogP contribution in [0.25, 0.3) is 0 Å². The van der Waals surface area contributed by atoms with Crippen molar-refractivity contribution in [2.24, 2.45) is 5.84 Å². The largest absolute Gasteiger partial charge is 0.271 e. The van der Waals surface area contributed by atoms with Crippen LogP contribution < -0.4 is 11.3 Å². The molecule has 3 N–H and O–H groups in total. The molecule has 0 saturated carbocycles. The van der Waals surface area contributed by atoms with Gasteiger partial charge in [-0.15, -0.1) is 0 Å². The van der Waals surface area contributed by atoms with Crippen LogP contribution in [0.15, 0.2) is 35.9 Å². The fourth-order valence-corrected chi connectivity index (χ4v) is 2.61. The van der Waals surface area contributed by atoms with Gasteiger partial charge in [0.25, 0.3) is 0 Å². The molecule has 1 aromatic carbocycles. The zero-order valence-electron chi connectivity index (χ0n) is 11.3. The standard InChI is InChI=1S/C16H24N2/c1-13-8-10-14(11-9-13)12-16(18-17)15-6-4-2-3-5-7-15/h6,8-11,16,18H,2-5,7,12,17H2,1H3. The van der Waals surface area contributed by atoms with Crippen molar-refractivity contribution in [1.29, 1.82) is 0 Å². The average molecular weight is 244 g/mol. The van der Waals surface area contributed by atoms with E-state index in [0.29, 0.717) is 6.04 Å². The van der Waals surface area contributed by atoms with Gasteiger partial charge in [0.1, 0.15) is 0 Å². The van der Waals surface area contributed by atoms with E-state index in [0.717, 1.165) is 6.42 Å². The minimum atomic E-state index is 0.297. The molecule has 2 heteroatoms. The third kappa shape index (κ3) is 3.69. The van der Waals surface area contributed by atoms with E-state index in [-0.39, 0.29) is 0 Å². The van der Waals surface area contributed by atoms with Gasteiger partial charge >= 0.3 is 0 Å². The van der Waals surface area contributed by atoms with Crippen LogP contribution in [-0.4, -0.2) is 6.04 Å². The number of aryl methyl sites for hydroxylation is 1. The summed E-state index contributed by atoms with van der Waals surface area (Å²) >= 11 is 0. The highest BCUT2D eigenvalue weighted by atomic mass is 15.2. The van der Waals surface area contributed by atoms with E-state index in [1.807, 2.05) is 0 Å². The van der Waals surface area contributed by atoms with Gasteiger partial charge in [-0.25, -0.2) is 0 Å². The van der Waals surface area contributed by atoms with E-state index in [1.54, 1.807) is 0 Å². The molecule has 1 atom stereocenters. The predicted molar refractivity (Wildman–Crippen MR) is 77.2 cm³/mol. The van der Waals surface area contributed by atoms with Crippen LogP contribution in [0.3, 0.4) is 0 Å². The summed E-state index contributed by atoms with van der Waals surface area (Å²) in [7, 11) is 0. The molecule has 0 bridgehead atoms. The van der Waals surface area contributed by atoms with Gasteiger partial charge in [-0.1, -0.05) is 47.9 Å². The molecule has 2 nitrogen and oxygen atoms in total. The molecule has 0 aromatic heterocycles. The Morgan fingerprint density at radius 1 is 1.17 bits per heavy atom. The molecular formula is C16H24N2. The number of nitrogens with one attached hydrogen (secondary N) is 1. The first-order valence-corrected chi connectivity index (χ1v) is 7.00. The highest BCUT2D eigenvalue weighted by molar-refractivity contribution is 5.25. The molecule has 18 heavy (non-hydrogen) atoms. The van der Waals surface area contributed by atoms with Crippen molar-refractivity contribution in [3.8, 4) is 0 Å². The molecule has 0 amide bonds. The summed E-state index contributed by atoms with van der Waals surface area (Å²) in [5.41, 5.74) is 7.16. The molecule has 0 aliphatic heterocycles. The molecule has 1 aliphatic carbocycles. The summed E-state index contributed by atoms with van der Waals surface area (Å²) in [4.78, 5) is 0. The van der Waals surface area contributed by atoms with Crippen molar-refractivity contribution in [3.05, 3.63) is 47.0 Å². The fraction of sp³-hybridized carbons (Fsp3) is 0.500. The van der Waals surface area contributed by atoms with Crippen LogP contribution in [0.5, 0.6) is 0 Å². The minimum absolute atomic E-state index is 0.297. The van der Waals surface area contributed by atoms with Crippen molar-refractivity contribution < 1.29 is 0 Å². The van der Waals surface area contributed by atoms with Gasteiger partial charge in [0.05, 0.1) is 0 Å². The topological polar surface area (TPSA) is 38.0 Å². The highest BCUT2D eigenvalue weighted by Crippen LogP contribution is 2.21. The number of nitrogens with two attached hydrogens (primary N) is 1. The number of hydrogen-bond donors (Lipinski definition) is 2. The Hall–Kier alpha value is -1.12. The van der Waals surface area contributed by atoms with Crippen molar-refractivity contribution in [3.63, 3.8) is 0 Å². The molecule has 1 aromatic rings. The summed E-state index contributed by atoms with van der Waals surface area (Å²) in [5, 5.41) is 0. The lowest BCUT2D eigenvalue weighted by atomic mass is 9.95. The second-order valence-corrected chi connectivity index (χ2v) is 5.29. The fourth-order valence-electron chi connectivity index (χ4n) is 2.61. The molecule has 0 heterocycles. The Balaban J connectivity index is 2.04. The molecule has 1 aliphatic rings. The smallest absolute Gasteiger partial charge is 0.0460 e. The number of hydrazine groups is 1. The van der Waals surface area contributed by atoms with Crippen molar-refractivity contribution >= 4 is 0 Å². The van der Waals surface area contributed by atoms with Crippen molar-refractivity contribution in [2.45, 2.75) is 51.5 Å². The van der Waals surface area contributed by atoms with Crippen LogP contribution in [0.2, 0.25) is 0 Å². The second-order valence-electron chi connectivity index (χ2n) is 5.29. The van der Waals surface area contributed by atoms with Crippen LogP contribution in [0.1, 0.15) is 43.2 Å². The molecule has 1 unspecified atom stereocenters. The maximum Gasteiger partial charge on any atom is 0.0460 e. The first-order valence-electron chi connectivity index (χ1n) is 7.00. The number of rotatable bonds is 4. The van der Waals surface area contributed by atoms with Gasteiger partial charge < -0.3 is 0 Å². The molecule has 2 rings (SSSR count). The van der Waals surface area contributed by atoms with Gasteiger partial charge in [0, 0.05) is 6.04 Å². The zero-order valence-corrected chi connectivity index (χ0v) is 11.3. The first-order chi connectivity index (χ1) is 8.79. The van der Waals surface area contributed by atoms with E-state index in [2.05, 4.69) is 42.7 Å². The molecule has 98 valence electrons. The number of benzene rings is 1. The predicted octanol–water partition coefficient (Wildman–Crippen LogP) is 3.26. The lowest BCUT2D eigenvalue weighted by Crippen LogP contribution is -2.38. The van der Waals surface area contributed by atoms with Crippen molar-refractivity contribution in [2.75, 3.05) is 0 Å². The van der Waals surface area contributed by atoms with Crippen LogP contribution in [0.4, 0.5) is 0 Å². The lowest BCUT2D eigenvalue weighted by molar-refractivity contribution is 0.564. The van der Waals surface area contributed by atoms with Crippen molar-refractivity contribution in [1.82, 2.24) is 5.43 Å². The summed E-state index contributed by atoms with van der Waals surface area (Å²) in [6.45, 7) is 2.12. The first kappa shape index (κ1) is 13.3. The summed E-state index contributed by atoms with van der Waals surface area (Å²) in [6, 6.07) is 9.05. The van der Waals surface area contributed by atoms with E-state index in [4.69, 9.17) is 5.84 Å². The Morgan fingerprint density at radius 2 is 1.94 bits per heavy atom. The molecule has 0 radical (unpaired) electrons. The van der Waals surface area contributed by atoms with E-state index < -0.39 is 0 Å². The Bertz CT molecular complexity index is 392. The van der Waals surface area contributed by atoms with Gasteiger partial charge in [0.15, 0.2) is 0 Å². The number of allylic oxidation sites excluding steroid dienone is 1. The quantitative estimate of drug-likeness (QED) is 0.485. The van der Waals surface area contributed by atoms with Gasteiger partial charge in [0.2, 0.25) is 0 Å². The maximum atomic E-state index is 5.74. The van der Waals surface area contributed by atoms with Crippen LogP contribution in [0, 0.1) is 6.92 Å². The highest BCUT2D eigenvalue weighted by Gasteiger charge is 2.14. The van der Waals surface area contributed by atoms with Crippen LogP contribution in [-0.2, 0) is 6.42 Å². The second kappa shape index (κ2) is 6.72. The van der Waals surface area contributed by atoms with E-state index in [1.165, 1.54) is 48.8 Å². The summed E-state index contributed by atoms with van der Waals surface area (Å²) in [5.74, 6) is 5.74. The average Bonchev–Trinajstić information content (AvgIpc) is 2.67. The van der Waals surface area contributed by atoms with Crippen LogP contribution >= 0.6 is 0 Å². The molecule has 0 saturated heterocycles. The number of hydrogen-bond acceptors (Lipinski definition) is 2. The lowest BCUT2D eigenvalue weighted by Gasteiger charge is -2.19. The minimum Gasteiger partial charge on any atom is -0.271 e. The third-order valence-electron chi connectivity index (χ3n) is 3.79. The summed E-state index contributed by atoms with van der Waals surface area (Å²) in [6.07, 6.45) is 9.77. The molecule has 0 fully saturated rings. The Kier molecular flexibility index (Phi) is 4.97. The molecular weight excluding hydrogens is 220 g/mol. The normalized spacial score (nSPS) is 18.0. The Labute approximate surface area is 110 Å².